The molecule has 0 bridgehead atoms. The van der Waals surface area contributed by atoms with Crippen LogP contribution in [0.2, 0.25) is 0 Å². The van der Waals surface area contributed by atoms with Gasteiger partial charge in [-0.15, -0.1) is 0 Å². The molecule has 2 aromatic carbocycles. The summed E-state index contributed by atoms with van der Waals surface area (Å²) in [6.07, 6.45) is 0.995. The number of aryl methyl sites for hydroxylation is 1. The van der Waals surface area contributed by atoms with Gasteiger partial charge in [-0.05, 0) is 55.3 Å². The molecule has 0 N–H and O–H groups in total. The quantitative estimate of drug-likeness (QED) is 0.679. The number of hydrogen-bond donors (Lipinski definition) is 0. The normalized spacial score (nSPS) is 13.7. The maximum Gasteiger partial charge on any atom is 0.170 e. The van der Waals surface area contributed by atoms with E-state index in [1.807, 2.05) is 18.2 Å². The Balaban J connectivity index is 1.78. The van der Waals surface area contributed by atoms with Gasteiger partial charge >= 0.3 is 0 Å². The predicted octanol–water partition coefficient (Wildman–Crippen LogP) is 5.10. The summed E-state index contributed by atoms with van der Waals surface area (Å²) in [5.41, 5.74) is 3.47. The van der Waals surface area contributed by atoms with Gasteiger partial charge in [0.25, 0.3) is 0 Å². The first-order valence-corrected chi connectivity index (χ1v) is 9.39. The molecule has 0 atom stereocenters. The fourth-order valence-electron chi connectivity index (χ4n) is 3.36. The van der Waals surface area contributed by atoms with Crippen molar-refractivity contribution in [2.24, 2.45) is 4.99 Å². The van der Waals surface area contributed by atoms with Crippen molar-refractivity contribution in [3.63, 3.8) is 0 Å². The Morgan fingerprint density at radius 3 is 2.59 bits per heavy atom. The van der Waals surface area contributed by atoms with Gasteiger partial charge in [0.15, 0.2) is 17.4 Å². The van der Waals surface area contributed by atoms with Gasteiger partial charge in [-0.2, -0.15) is 0 Å². The summed E-state index contributed by atoms with van der Waals surface area (Å²) >= 11 is 0. The largest absolute Gasteiger partial charge is 0.300 e. The third-order valence-corrected chi connectivity index (χ3v) is 5.02. The molecule has 142 valence electrons. The van der Waals surface area contributed by atoms with E-state index < -0.39 is 11.6 Å². The number of carbonyl (C=O) groups is 1. The van der Waals surface area contributed by atoms with E-state index in [9.17, 15) is 13.6 Å². The Labute approximate surface area is 158 Å². The van der Waals surface area contributed by atoms with E-state index in [0.29, 0.717) is 29.7 Å². The highest BCUT2D eigenvalue weighted by atomic mass is 19.2. The van der Waals surface area contributed by atoms with Gasteiger partial charge in [-0.25, -0.2) is 8.78 Å². The first kappa shape index (κ1) is 19.4. The predicted molar refractivity (Wildman–Crippen MR) is 104 cm³/mol. The lowest BCUT2D eigenvalue weighted by atomic mass is 9.95. The second-order valence-corrected chi connectivity index (χ2v) is 6.80. The topological polar surface area (TPSA) is 32.7 Å². The number of hydrogen-bond acceptors (Lipinski definition) is 3. The first-order valence-electron chi connectivity index (χ1n) is 9.39. The minimum absolute atomic E-state index is 0.0316. The minimum Gasteiger partial charge on any atom is -0.300 e. The van der Waals surface area contributed by atoms with Crippen LogP contribution in [0, 0.1) is 11.6 Å². The smallest absolute Gasteiger partial charge is 0.170 e. The molecule has 3 nitrogen and oxygen atoms in total. The van der Waals surface area contributed by atoms with Crippen LogP contribution in [0.3, 0.4) is 0 Å². The maximum absolute atomic E-state index is 13.8. The fraction of sp³-hybridized carbons (Fsp3) is 0.364. The summed E-state index contributed by atoms with van der Waals surface area (Å²) in [5.74, 6) is -1.63. The number of ketones is 1. The molecule has 5 heteroatoms. The van der Waals surface area contributed by atoms with E-state index in [1.54, 1.807) is 6.07 Å². The molecular formula is C22H24F2N2O. The molecule has 0 saturated heterocycles. The van der Waals surface area contributed by atoms with Gasteiger partial charge in [-0.3, -0.25) is 14.7 Å². The second kappa shape index (κ2) is 8.53. The average molecular weight is 370 g/mol. The lowest BCUT2D eigenvalue weighted by Gasteiger charge is -2.20. The van der Waals surface area contributed by atoms with Crippen molar-refractivity contribution in [3.05, 3.63) is 64.7 Å². The molecule has 0 aliphatic carbocycles. The number of benzene rings is 2. The van der Waals surface area contributed by atoms with Gasteiger partial charge in [0, 0.05) is 24.2 Å². The van der Waals surface area contributed by atoms with Gasteiger partial charge in [0.05, 0.1) is 5.69 Å². The van der Waals surface area contributed by atoms with Crippen LogP contribution in [0.4, 0.5) is 14.5 Å². The molecule has 0 radical (unpaired) electrons. The monoisotopic (exact) mass is 370 g/mol. The number of rotatable bonds is 7. The van der Waals surface area contributed by atoms with Crippen molar-refractivity contribution in [3.8, 4) is 0 Å². The second-order valence-electron chi connectivity index (χ2n) is 6.80. The first-order chi connectivity index (χ1) is 13.0. The van der Waals surface area contributed by atoms with Gasteiger partial charge in [0.2, 0.25) is 0 Å². The third-order valence-electron chi connectivity index (χ3n) is 5.02. The SMILES string of the molecule is CCN(CC)Cc1ccc2c(c1)N=C(CCc1cccc(F)c1F)CC2=O. The zero-order valence-electron chi connectivity index (χ0n) is 15.8. The van der Waals surface area contributed by atoms with Crippen molar-refractivity contribution < 1.29 is 13.6 Å². The van der Waals surface area contributed by atoms with E-state index in [-0.39, 0.29) is 12.2 Å². The van der Waals surface area contributed by atoms with Crippen molar-refractivity contribution in [2.45, 2.75) is 39.7 Å². The lowest BCUT2D eigenvalue weighted by molar-refractivity contribution is 0.0999. The Morgan fingerprint density at radius 2 is 1.85 bits per heavy atom. The molecule has 1 aliphatic rings. The standard InChI is InChI=1S/C22H24F2N2O/c1-3-26(4-2)14-15-8-11-18-20(12-15)25-17(13-21(18)27)10-9-16-6-5-7-19(23)22(16)24/h5-8,11-12H,3-4,9-10,13-14H2,1-2H3. The molecule has 0 fully saturated rings. The van der Waals surface area contributed by atoms with E-state index in [0.717, 1.165) is 37.0 Å². The minimum atomic E-state index is -0.847. The molecule has 0 saturated carbocycles. The molecule has 1 aliphatic heterocycles. The lowest BCUT2D eigenvalue weighted by Crippen LogP contribution is -2.22. The summed E-state index contributed by atoms with van der Waals surface area (Å²) in [6.45, 7) is 6.97. The molecule has 1 heterocycles. The molecule has 27 heavy (non-hydrogen) atoms. The molecular weight excluding hydrogens is 346 g/mol. The highest BCUT2D eigenvalue weighted by Crippen LogP contribution is 2.29. The van der Waals surface area contributed by atoms with E-state index in [2.05, 4.69) is 23.7 Å². The summed E-state index contributed by atoms with van der Waals surface area (Å²) in [5, 5.41) is 0. The molecule has 2 aromatic rings. The summed E-state index contributed by atoms with van der Waals surface area (Å²) in [6, 6.07) is 9.97. The number of nitrogens with zero attached hydrogens (tertiary/aromatic N) is 2. The fourth-order valence-corrected chi connectivity index (χ4v) is 3.36. The van der Waals surface area contributed by atoms with E-state index in [1.165, 1.54) is 6.07 Å². The zero-order chi connectivity index (χ0) is 19.4. The maximum atomic E-state index is 13.8. The molecule has 0 amide bonds. The third kappa shape index (κ3) is 4.48. The van der Waals surface area contributed by atoms with Crippen LogP contribution in [0.5, 0.6) is 0 Å². The van der Waals surface area contributed by atoms with Crippen LogP contribution in [0.25, 0.3) is 0 Å². The summed E-state index contributed by atoms with van der Waals surface area (Å²) in [4.78, 5) is 19.4. The Morgan fingerprint density at radius 1 is 1.07 bits per heavy atom. The molecule has 0 aromatic heterocycles. The summed E-state index contributed by atoms with van der Waals surface area (Å²) in [7, 11) is 0. The van der Waals surface area contributed by atoms with Crippen LogP contribution >= 0.6 is 0 Å². The number of aliphatic imine (C=N–C) groups is 1. The molecule has 0 spiro atoms. The summed E-state index contributed by atoms with van der Waals surface area (Å²) < 4.78 is 27.2. The highest BCUT2D eigenvalue weighted by molar-refractivity contribution is 6.15. The number of Topliss-reactive ketones (excluding diaryl/α,β-unsaturated/α-hetero) is 1. The van der Waals surface area contributed by atoms with Crippen LogP contribution in [0.1, 0.15) is 48.2 Å². The average Bonchev–Trinajstić information content (AvgIpc) is 2.67. The molecule has 0 unspecified atom stereocenters. The van der Waals surface area contributed by atoms with Crippen LogP contribution in [-0.2, 0) is 13.0 Å². The van der Waals surface area contributed by atoms with Crippen molar-refractivity contribution >= 4 is 17.2 Å². The Hall–Kier alpha value is -2.40. The van der Waals surface area contributed by atoms with Crippen molar-refractivity contribution in [1.29, 1.82) is 0 Å². The number of fused-ring (bicyclic) bond motifs is 1. The molecule has 3 rings (SSSR count). The van der Waals surface area contributed by atoms with Crippen molar-refractivity contribution in [1.82, 2.24) is 4.90 Å². The van der Waals surface area contributed by atoms with Crippen LogP contribution in [-0.4, -0.2) is 29.5 Å². The van der Waals surface area contributed by atoms with Crippen molar-refractivity contribution in [2.75, 3.05) is 13.1 Å². The number of halogens is 2. The van der Waals surface area contributed by atoms with Crippen LogP contribution < -0.4 is 0 Å². The number of carbonyl (C=O) groups excluding carboxylic acids is 1. The Kier molecular flexibility index (Phi) is 6.11. The van der Waals surface area contributed by atoms with Crippen LogP contribution in [0.15, 0.2) is 41.4 Å². The van der Waals surface area contributed by atoms with Gasteiger partial charge in [-0.1, -0.05) is 32.0 Å². The van der Waals surface area contributed by atoms with E-state index >= 15 is 0 Å². The van der Waals surface area contributed by atoms with Gasteiger partial charge in [0.1, 0.15) is 0 Å². The Bertz CT molecular complexity index is 873. The van der Waals surface area contributed by atoms with Gasteiger partial charge < -0.3 is 0 Å². The van der Waals surface area contributed by atoms with E-state index in [4.69, 9.17) is 0 Å². The highest BCUT2D eigenvalue weighted by Gasteiger charge is 2.21. The zero-order valence-corrected chi connectivity index (χ0v) is 15.8.